The van der Waals surface area contributed by atoms with Crippen LogP contribution in [0.4, 0.5) is 0 Å². The van der Waals surface area contributed by atoms with Crippen molar-refractivity contribution in [2.75, 3.05) is 13.7 Å². The van der Waals surface area contributed by atoms with Gasteiger partial charge in [0.1, 0.15) is 30.2 Å². The van der Waals surface area contributed by atoms with Crippen molar-refractivity contribution in [3.05, 3.63) is 65.7 Å². The van der Waals surface area contributed by atoms with E-state index in [9.17, 15) is 5.11 Å². The van der Waals surface area contributed by atoms with E-state index in [1.54, 1.807) is 7.11 Å². The van der Waals surface area contributed by atoms with Gasteiger partial charge in [0.05, 0.1) is 26.9 Å². The van der Waals surface area contributed by atoms with E-state index in [1.165, 1.54) is 0 Å². The van der Waals surface area contributed by atoms with Crippen LogP contribution < -0.4 is 4.74 Å². The lowest BCUT2D eigenvalue weighted by Gasteiger charge is -2.28. The molecule has 0 aromatic heterocycles. The van der Waals surface area contributed by atoms with Crippen LogP contribution in [-0.4, -0.2) is 55.3 Å². The third kappa shape index (κ3) is 5.26. The Kier molecular flexibility index (Phi) is 6.91. The highest BCUT2D eigenvalue weighted by Crippen LogP contribution is 2.41. The average Bonchev–Trinajstić information content (AvgIpc) is 3.27. The first kappa shape index (κ1) is 22.2. The van der Waals surface area contributed by atoms with Crippen molar-refractivity contribution in [2.24, 2.45) is 0 Å². The SMILES string of the molecule is COc1ccc(CO[C@H]2O[C@H]([C@@H](CO)OCc3ccccc3)[C@@H]3OC(C)(C)O[C@H]23)cc1. The molecule has 0 aliphatic carbocycles. The molecule has 2 aromatic carbocycles. The van der Waals surface area contributed by atoms with E-state index in [0.717, 1.165) is 16.9 Å². The molecule has 2 heterocycles. The van der Waals surface area contributed by atoms with Gasteiger partial charge >= 0.3 is 0 Å². The van der Waals surface area contributed by atoms with Gasteiger partial charge in [0.15, 0.2) is 12.1 Å². The highest BCUT2D eigenvalue weighted by molar-refractivity contribution is 5.26. The number of hydrogen-bond acceptors (Lipinski definition) is 7. The lowest BCUT2D eigenvalue weighted by atomic mass is 10.1. The fourth-order valence-corrected chi connectivity index (χ4v) is 3.95. The Labute approximate surface area is 182 Å². The van der Waals surface area contributed by atoms with Crippen LogP contribution in [0, 0.1) is 0 Å². The Morgan fingerprint density at radius 1 is 0.935 bits per heavy atom. The lowest BCUT2D eigenvalue weighted by Crippen LogP contribution is -2.42. The molecule has 2 aliphatic heterocycles. The van der Waals surface area contributed by atoms with Gasteiger partial charge in [0, 0.05) is 0 Å². The van der Waals surface area contributed by atoms with Crippen LogP contribution in [0.2, 0.25) is 0 Å². The Hall–Kier alpha value is -2.00. The van der Waals surface area contributed by atoms with Gasteiger partial charge in [-0.15, -0.1) is 0 Å². The topological polar surface area (TPSA) is 75.6 Å². The van der Waals surface area contributed by atoms with Gasteiger partial charge in [-0.1, -0.05) is 42.5 Å². The van der Waals surface area contributed by atoms with Crippen molar-refractivity contribution in [2.45, 2.75) is 63.6 Å². The van der Waals surface area contributed by atoms with Crippen LogP contribution in [-0.2, 0) is 36.9 Å². The predicted octanol–water partition coefficient (Wildman–Crippen LogP) is 3.03. The van der Waals surface area contributed by atoms with E-state index in [2.05, 4.69) is 0 Å². The molecule has 0 spiro atoms. The first-order valence-electron chi connectivity index (χ1n) is 10.5. The summed E-state index contributed by atoms with van der Waals surface area (Å²) < 4.78 is 35.6. The third-order valence-electron chi connectivity index (χ3n) is 5.47. The summed E-state index contributed by atoms with van der Waals surface area (Å²) in [6.45, 7) is 4.24. The van der Waals surface area contributed by atoms with E-state index in [1.807, 2.05) is 68.4 Å². The zero-order chi connectivity index (χ0) is 21.8. The fourth-order valence-electron chi connectivity index (χ4n) is 3.95. The van der Waals surface area contributed by atoms with Crippen molar-refractivity contribution in [3.8, 4) is 5.75 Å². The van der Waals surface area contributed by atoms with E-state index < -0.39 is 36.5 Å². The monoisotopic (exact) mass is 430 g/mol. The number of benzene rings is 2. The number of methoxy groups -OCH3 is 1. The molecule has 5 atom stereocenters. The zero-order valence-corrected chi connectivity index (χ0v) is 18.1. The second kappa shape index (κ2) is 9.65. The molecule has 2 saturated heterocycles. The van der Waals surface area contributed by atoms with Gasteiger partial charge in [0.25, 0.3) is 0 Å². The van der Waals surface area contributed by atoms with Crippen molar-refractivity contribution in [1.82, 2.24) is 0 Å². The van der Waals surface area contributed by atoms with Gasteiger partial charge in [0.2, 0.25) is 0 Å². The molecule has 1 N–H and O–H groups in total. The number of rotatable bonds is 9. The summed E-state index contributed by atoms with van der Waals surface area (Å²) in [5.41, 5.74) is 2.01. The zero-order valence-electron chi connectivity index (χ0n) is 18.1. The summed E-state index contributed by atoms with van der Waals surface area (Å²) in [6, 6.07) is 17.5. The third-order valence-corrected chi connectivity index (χ3v) is 5.47. The minimum absolute atomic E-state index is 0.199. The number of ether oxygens (including phenoxy) is 6. The Bertz CT molecular complexity index is 824. The van der Waals surface area contributed by atoms with Crippen LogP contribution >= 0.6 is 0 Å². The standard InChI is InChI=1S/C24H30O7/c1-24(2)30-21-20(19(13-25)27-14-16-7-5-4-6-8-16)29-23(22(21)31-24)28-15-17-9-11-18(26-3)12-10-17/h4-12,19-23,25H,13-15H2,1-3H3/t19-,20-,21+,22+,23+/m1/s1. The van der Waals surface area contributed by atoms with Gasteiger partial charge in [-0.25, -0.2) is 0 Å². The molecular weight excluding hydrogens is 400 g/mol. The minimum Gasteiger partial charge on any atom is -0.497 e. The molecule has 0 radical (unpaired) electrons. The molecule has 0 amide bonds. The van der Waals surface area contributed by atoms with Crippen molar-refractivity contribution in [1.29, 1.82) is 0 Å². The van der Waals surface area contributed by atoms with Crippen LogP contribution in [0.3, 0.4) is 0 Å². The minimum atomic E-state index is -0.765. The molecule has 2 fully saturated rings. The predicted molar refractivity (Wildman–Crippen MR) is 112 cm³/mol. The number of aliphatic hydroxyl groups is 1. The largest absolute Gasteiger partial charge is 0.497 e. The van der Waals surface area contributed by atoms with E-state index in [0.29, 0.717) is 13.2 Å². The normalized spacial score (nSPS) is 27.7. The Morgan fingerprint density at radius 3 is 2.29 bits per heavy atom. The van der Waals surface area contributed by atoms with Gasteiger partial charge in [-0.2, -0.15) is 0 Å². The summed E-state index contributed by atoms with van der Waals surface area (Å²) in [7, 11) is 1.63. The molecule has 4 rings (SSSR count). The van der Waals surface area contributed by atoms with Gasteiger partial charge in [-0.05, 0) is 37.1 Å². The van der Waals surface area contributed by atoms with Crippen LogP contribution in [0.1, 0.15) is 25.0 Å². The van der Waals surface area contributed by atoms with Gasteiger partial charge in [-0.3, -0.25) is 0 Å². The molecular formula is C24H30O7. The first-order valence-corrected chi connectivity index (χ1v) is 10.5. The maximum absolute atomic E-state index is 10.0. The van der Waals surface area contributed by atoms with Crippen molar-refractivity contribution >= 4 is 0 Å². The lowest BCUT2D eigenvalue weighted by molar-refractivity contribution is -0.251. The molecule has 2 aliphatic rings. The molecule has 0 unspecified atom stereocenters. The van der Waals surface area contributed by atoms with Crippen molar-refractivity contribution < 1.29 is 33.5 Å². The molecule has 0 bridgehead atoms. The smallest absolute Gasteiger partial charge is 0.187 e. The molecule has 2 aromatic rings. The van der Waals surface area contributed by atoms with Crippen LogP contribution in [0.15, 0.2) is 54.6 Å². The van der Waals surface area contributed by atoms with Crippen molar-refractivity contribution in [3.63, 3.8) is 0 Å². The van der Waals surface area contributed by atoms with E-state index in [-0.39, 0.29) is 6.61 Å². The van der Waals surface area contributed by atoms with Crippen LogP contribution in [0.5, 0.6) is 5.75 Å². The summed E-state index contributed by atoms with van der Waals surface area (Å²) in [6.07, 6.45) is -2.52. The quantitative estimate of drug-likeness (QED) is 0.655. The highest BCUT2D eigenvalue weighted by Gasteiger charge is 2.57. The van der Waals surface area contributed by atoms with Crippen LogP contribution in [0.25, 0.3) is 0 Å². The Balaban J connectivity index is 1.42. The summed E-state index contributed by atoms with van der Waals surface area (Å²) >= 11 is 0. The Morgan fingerprint density at radius 2 is 1.61 bits per heavy atom. The molecule has 7 nitrogen and oxygen atoms in total. The summed E-state index contributed by atoms with van der Waals surface area (Å²) in [5, 5.41) is 10.0. The highest BCUT2D eigenvalue weighted by atomic mass is 16.8. The maximum Gasteiger partial charge on any atom is 0.187 e. The second-order valence-corrected chi connectivity index (χ2v) is 8.21. The molecule has 168 valence electrons. The number of fused-ring (bicyclic) bond motifs is 1. The first-order chi connectivity index (χ1) is 15.0. The number of aliphatic hydroxyl groups excluding tert-OH is 1. The van der Waals surface area contributed by atoms with E-state index in [4.69, 9.17) is 28.4 Å². The number of hydrogen-bond donors (Lipinski definition) is 1. The molecule has 31 heavy (non-hydrogen) atoms. The maximum atomic E-state index is 10.0. The van der Waals surface area contributed by atoms with Gasteiger partial charge < -0.3 is 33.5 Å². The second-order valence-electron chi connectivity index (χ2n) is 8.21. The van der Waals surface area contributed by atoms with E-state index >= 15 is 0 Å². The molecule has 7 heteroatoms. The fraction of sp³-hybridized carbons (Fsp3) is 0.500. The average molecular weight is 430 g/mol. The summed E-state index contributed by atoms with van der Waals surface area (Å²) in [5.74, 6) is 0.0232. The summed E-state index contributed by atoms with van der Waals surface area (Å²) in [4.78, 5) is 0. The molecule has 0 saturated carbocycles.